The fourth-order valence-corrected chi connectivity index (χ4v) is 1.57. The van der Waals surface area contributed by atoms with Crippen LogP contribution >= 0.6 is 0 Å². The van der Waals surface area contributed by atoms with Crippen LogP contribution in [-0.2, 0) is 9.47 Å². The molecule has 0 bridgehead atoms. The normalized spacial score (nSPS) is 23.0. The molecule has 0 aliphatic carbocycles. The van der Waals surface area contributed by atoms with Gasteiger partial charge >= 0.3 is 0 Å². The third-order valence-corrected chi connectivity index (χ3v) is 2.47. The molecular weight excluding hydrogens is 182 g/mol. The maximum atomic E-state index is 10.5. The molecule has 1 aliphatic heterocycles. The highest BCUT2D eigenvalue weighted by molar-refractivity contribution is 6.10. The van der Waals surface area contributed by atoms with Crippen molar-refractivity contribution in [2.24, 2.45) is 0 Å². The summed E-state index contributed by atoms with van der Waals surface area (Å²) < 4.78 is 29.9. The number of alkyl halides is 2. The van der Waals surface area contributed by atoms with Crippen molar-refractivity contribution in [2.45, 2.75) is 25.0 Å². The topological polar surface area (TPSA) is 18.5 Å². The largest absolute Gasteiger partial charge is 0.383 e. The van der Waals surface area contributed by atoms with Crippen LogP contribution in [0.1, 0.15) is 19.3 Å². The van der Waals surface area contributed by atoms with Crippen molar-refractivity contribution in [1.29, 1.82) is 0 Å². The molecule has 0 aromatic rings. The van der Waals surface area contributed by atoms with Gasteiger partial charge in [-0.15, -0.1) is 0 Å². The van der Waals surface area contributed by atoms with Gasteiger partial charge in [-0.2, -0.15) is 0 Å². The highest BCUT2D eigenvalue weighted by Crippen LogP contribution is 2.08. The van der Waals surface area contributed by atoms with Crippen molar-refractivity contribution in [1.82, 2.24) is 0 Å². The molecule has 0 aromatic carbocycles. The predicted molar refractivity (Wildman–Crippen MR) is 46.6 cm³/mol. The lowest BCUT2D eigenvalue weighted by Gasteiger charge is -2.17. The van der Waals surface area contributed by atoms with E-state index in [1.807, 2.05) is 0 Å². The third kappa shape index (κ3) is 8.10. The SMILES string of the molecule is FCOCF.[SiH3]C1CCCCO1. The van der Waals surface area contributed by atoms with Crippen molar-refractivity contribution in [3.8, 4) is 0 Å². The van der Waals surface area contributed by atoms with Crippen LogP contribution in [0.4, 0.5) is 8.78 Å². The van der Waals surface area contributed by atoms with Crippen LogP contribution in [-0.4, -0.2) is 36.3 Å². The zero-order chi connectivity index (χ0) is 9.23. The van der Waals surface area contributed by atoms with Crippen molar-refractivity contribution < 1.29 is 18.3 Å². The Balaban J connectivity index is 0.000000217. The lowest BCUT2D eigenvalue weighted by atomic mass is 10.2. The second-order valence-corrected chi connectivity index (χ2v) is 3.89. The summed E-state index contributed by atoms with van der Waals surface area (Å²) in [6.45, 7) is -1.04. The first-order valence-electron chi connectivity index (χ1n) is 4.12. The number of hydrogen-bond donors (Lipinski definition) is 0. The van der Waals surface area contributed by atoms with Crippen LogP contribution in [0.25, 0.3) is 0 Å². The minimum atomic E-state index is -1.03. The molecule has 0 spiro atoms. The van der Waals surface area contributed by atoms with Gasteiger partial charge in [-0.1, -0.05) is 0 Å². The van der Waals surface area contributed by atoms with Crippen LogP contribution in [0.5, 0.6) is 0 Å². The fourth-order valence-electron chi connectivity index (χ4n) is 0.931. The van der Waals surface area contributed by atoms with E-state index >= 15 is 0 Å². The quantitative estimate of drug-likeness (QED) is 0.609. The molecular formula is C7H16F2O2Si. The first-order chi connectivity index (χ1) is 5.81. The second kappa shape index (κ2) is 9.09. The van der Waals surface area contributed by atoms with Gasteiger partial charge in [0.1, 0.15) is 0 Å². The Morgan fingerprint density at radius 1 is 1.33 bits per heavy atom. The number of halogens is 2. The number of hydrogen-bond acceptors (Lipinski definition) is 2. The molecule has 1 saturated heterocycles. The minimum absolute atomic E-state index is 0.675. The molecule has 1 aliphatic rings. The average Bonchev–Trinajstić information content (AvgIpc) is 2.08. The van der Waals surface area contributed by atoms with E-state index in [9.17, 15) is 8.78 Å². The van der Waals surface area contributed by atoms with E-state index in [-0.39, 0.29) is 0 Å². The Labute approximate surface area is 74.7 Å². The molecule has 0 radical (unpaired) electrons. The maximum Gasteiger partial charge on any atom is 0.191 e. The molecule has 2 nitrogen and oxygen atoms in total. The van der Waals surface area contributed by atoms with Gasteiger partial charge in [-0.25, -0.2) is 8.78 Å². The van der Waals surface area contributed by atoms with E-state index in [0.29, 0.717) is 5.73 Å². The molecule has 0 amide bonds. The van der Waals surface area contributed by atoms with E-state index in [1.54, 1.807) is 0 Å². The molecule has 5 heteroatoms. The summed E-state index contributed by atoms with van der Waals surface area (Å²) in [6.07, 6.45) is 4.01. The lowest BCUT2D eigenvalue weighted by Crippen LogP contribution is -2.18. The Bertz CT molecular complexity index is 87.5. The van der Waals surface area contributed by atoms with E-state index in [0.717, 1.165) is 6.61 Å². The Morgan fingerprint density at radius 2 is 2.00 bits per heavy atom. The van der Waals surface area contributed by atoms with E-state index in [2.05, 4.69) is 4.74 Å². The second-order valence-electron chi connectivity index (χ2n) is 2.60. The summed E-state index contributed by atoms with van der Waals surface area (Å²) in [5, 5.41) is 0. The molecule has 1 heterocycles. The van der Waals surface area contributed by atoms with Crippen LogP contribution in [0.15, 0.2) is 0 Å². The van der Waals surface area contributed by atoms with Crippen LogP contribution in [0, 0.1) is 0 Å². The monoisotopic (exact) mass is 198 g/mol. The molecule has 0 saturated carbocycles. The van der Waals surface area contributed by atoms with Crippen molar-refractivity contribution in [3.05, 3.63) is 0 Å². The van der Waals surface area contributed by atoms with Gasteiger partial charge in [0.2, 0.25) is 0 Å². The van der Waals surface area contributed by atoms with Crippen LogP contribution in [0.3, 0.4) is 0 Å². The molecule has 1 rings (SSSR count). The van der Waals surface area contributed by atoms with Crippen molar-refractivity contribution >= 4 is 10.2 Å². The van der Waals surface area contributed by atoms with Gasteiger partial charge in [-0.05, 0) is 19.3 Å². The van der Waals surface area contributed by atoms with Crippen molar-refractivity contribution in [3.63, 3.8) is 0 Å². The van der Waals surface area contributed by atoms with E-state index in [1.165, 1.54) is 29.5 Å². The molecule has 0 N–H and O–H groups in total. The van der Waals surface area contributed by atoms with E-state index < -0.39 is 13.7 Å². The molecule has 12 heavy (non-hydrogen) atoms. The summed E-state index contributed by atoms with van der Waals surface area (Å²) in [7, 11) is 1.23. The highest BCUT2D eigenvalue weighted by atomic mass is 28.1. The molecule has 74 valence electrons. The summed E-state index contributed by atoms with van der Waals surface area (Å²) in [5.74, 6) is 0. The standard InChI is InChI=1S/C5H12OSi.C2H4F2O/c7-5-3-1-2-4-6-5;3-1-5-2-4/h5H,1-4H2,7H3;1-2H2. The Kier molecular flexibility index (Phi) is 9.09. The maximum absolute atomic E-state index is 10.5. The first-order valence-corrected chi connectivity index (χ1v) is 5.28. The van der Waals surface area contributed by atoms with Gasteiger partial charge in [0.25, 0.3) is 0 Å². The Hall–Kier alpha value is -0.00312. The third-order valence-electron chi connectivity index (χ3n) is 1.56. The molecule has 1 fully saturated rings. The van der Waals surface area contributed by atoms with Crippen LogP contribution < -0.4 is 0 Å². The summed E-state index contributed by atoms with van der Waals surface area (Å²) >= 11 is 0. The molecule has 1 atom stereocenters. The van der Waals surface area contributed by atoms with Gasteiger partial charge in [0.15, 0.2) is 13.7 Å². The summed E-state index contributed by atoms with van der Waals surface area (Å²) in [6, 6.07) is 0. The Morgan fingerprint density at radius 3 is 2.17 bits per heavy atom. The lowest BCUT2D eigenvalue weighted by molar-refractivity contribution is 0.00298. The van der Waals surface area contributed by atoms with Gasteiger partial charge in [0, 0.05) is 22.6 Å². The molecule has 0 aromatic heterocycles. The molecule has 1 unspecified atom stereocenters. The number of rotatable bonds is 2. The van der Waals surface area contributed by atoms with Gasteiger partial charge in [0.05, 0.1) is 0 Å². The van der Waals surface area contributed by atoms with Crippen LogP contribution in [0.2, 0.25) is 0 Å². The average molecular weight is 198 g/mol. The highest BCUT2D eigenvalue weighted by Gasteiger charge is 2.05. The van der Waals surface area contributed by atoms with Gasteiger partial charge in [-0.3, -0.25) is 0 Å². The van der Waals surface area contributed by atoms with Gasteiger partial charge < -0.3 is 9.47 Å². The smallest absolute Gasteiger partial charge is 0.191 e. The number of ether oxygens (including phenoxy) is 2. The zero-order valence-electron chi connectivity index (χ0n) is 7.39. The van der Waals surface area contributed by atoms with E-state index in [4.69, 9.17) is 4.74 Å². The first kappa shape index (κ1) is 12.0. The fraction of sp³-hybridized carbons (Fsp3) is 1.00. The van der Waals surface area contributed by atoms with Crippen molar-refractivity contribution in [2.75, 3.05) is 20.3 Å². The minimum Gasteiger partial charge on any atom is -0.383 e. The summed E-state index contributed by atoms with van der Waals surface area (Å²) in [4.78, 5) is 0. The predicted octanol–water partition coefficient (Wildman–Crippen LogP) is 0.735. The summed E-state index contributed by atoms with van der Waals surface area (Å²) in [5.41, 5.74) is 0.675. The zero-order valence-corrected chi connectivity index (χ0v) is 9.39.